The SMILES string of the molecule is O=S(=O)(O)CCCCOCCc1cc(Br)sc1Br. The summed E-state index contributed by atoms with van der Waals surface area (Å²) in [6.07, 6.45) is 1.88. The number of unbranched alkanes of at least 4 members (excludes halogenated alkanes) is 1. The highest BCUT2D eigenvalue weighted by Gasteiger charge is 2.05. The molecule has 4 nitrogen and oxygen atoms in total. The molecule has 0 amide bonds. The highest BCUT2D eigenvalue weighted by atomic mass is 79.9. The fourth-order valence-electron chi connectivity index (χ4n) is 1.32. The van der Waals surface area contributed by atoms with E-state index in [1.54, 1.807) is 11.3 Å². The van der Waals surface area contributed by atoms with Gasteiger partial charge in [-0.05, 0) is 62.8 Å². The molecule has 1 N–H and O–H groups in total. The van der Waals surface area contributed by atoms with Crippen LogP contribution < -0.4 is 0 Å². The molecule has 0 unspecified atom stereocenters. The molecule has 1 rings (SSSR count). The zero-order valence-electron chi connectivity index (χ0n) is 9.56. The second-order valence-corrected chi connectivity index (χ2v) is 9.03. The highest BCUT2D eigenvalue weighted by Crippen LogP contribution is 2.32. The summed E-state index contributed by atoms with van der Waals surface area (Å²) in [6, 6.07) is 2.05. The number of rotatable bonds is 8. The van der Waals surface area contributed by atoms with Gasteiger partial charge in [-0.1, -0.05) is 0 Å². The maximum Gasteiger partial charge on any atom is 0.264 e. The molecule has 0 bridgehead atoms. The molecule has 0 spiro atoms. The first-order chi connectivity index (χ1) is 8.38. The second kappa shape index (κ2) is 7.96. The molecule has 0 aliphatic carbocycles. The van der Waals surface area contributed by atoms with Gasteiger partial charge in [0, 0.05) is 6.61 Å². The Morgan fingerprint density at radius 1 is 1.28 bits per heavy atom. The zero-order valence-corrected chi connectivity index (χ0v) is 14.4. The first kappa shape index (κ1) is 16.6. The van der Waals surface area contributed by atoms with E-state index < -0.39 is 10.1 Å². The van der Waals surface area contributed by atoms with Crippen LogP contribution in [0.25, 0.3) is 0 Å². The Hall–Kier alpha value is 0.530. The number of halogens is 2. The topological polar surface area (TPSA) is 63.6 Å². The van der Waals surface area contributed by atoms with Gasteiger partial charge in [-0.2, -0.15) is 8.42 Å². The fraction of sp³-hybridized carbons (Fsp3) is 0.600. The van der Waals surface area contributed by atoms with E-state index in [9.17, 15) is 8.42 Å². The summed E-state index contributed by atoms with van der Waals surface area (Å²) in [5.74, 6) is -0.195. The van der Waals surface area contributed by atoms with Crippen molar-refractivity contribution in [2.24, 2.45) is 0 Å². The van der Waals surface area contributed by atoms with Crippen LogP contribution in [-0.2, 0) is 21.3 Å². The van der Waals surface area contributed by atoms with Gasteiger partial charge in [0.15, 0.2) is 0 Å². The Kier molecular flexibility index (Phi) is 7.33. The predicted octanol–water partition coefficient (Wildman–Crippen LogP) is 3.50. The van der Waals surface area contributed by atoms with E-state index in [0.717, 1.165) is 14.0 Å². The molecule has 0 aromatic carbocycles. The molecule has 0 saturated carbocycles. The number of thiophene rings is 1. The lowest BCUT2D eigenvalue weighted by Gasteiger charge is -2.03. The van der Waals surface area contributed by atoms with E-state index in [1.165, 1.54) is 5.56 Å². The Morgan fingerprint density at radius 2 is 2.00 bits per heavy atom. The van der Waals surface area contributed by atoms with E-state index in [2.05, 4.69) is 37.9 Å². The van der Waals surface area contributed by atoms with Gasteiger partial charge in [-0.15, -0.1) is 11.3 Å². The first-order valence-electron chi connectivity index (χ1n) is 5.35. The monoisotopic (exact) mass is 420 g/mol. The van der Waals surface area contributed by atoms with E-state index in [4.69, 9.17) is 9.29 Å². The largest absolute Gasteiger partial charge is 0.381 e. The van der Waals surface area contributed by atoms with Crippen LogP contribution in [0.1, 0.15) is 18.4 Å². The van der Waals surface area contributed by atoms with Gasteiger partial charge in [-0.3, -0.25) is 4.55 Å². The van der Waals surface area contributed by atoms with Crippen LogP contribution in [0.3, 0.4) is 0 Å². The van der Waals surface area contributed by atoms with Crippen molar-refractivity contribution in [1.29, 1.82) is 0 Å². The molecule has 0 saturated heterocycles. The number of ether oxygens (including phenoxy) is 1. The van der Waals surface area contributed by atoms with Crippen LogP contribution in [0.4, 0.5) is 0 Å². The van der Waals surface area contributed by atoms with Gasteiger partial charge in [0.2, 0.25) is 0 Å². The van der Waals surface area contributed by atoms with Crippen molar-refractivity contribution < 1.29 is 17.7 Å². The van der Waals surface area contributed by atoms with Crippen LogP contribution in [0.5, 0.6) is 0 Å². The summed E-state index contributed by atoms with van der Waals surface area (Å²) < 4.78 is 37.0. The van der Waals surface area contributed by atoms with Crippen LogP contribution in [0, 0.1) is 0 Å². The molecule has 0 aliphatic heterocycles. The Bertz CT molecular complexity index is 470. The summed E-state index contributed by atoms with van der Waals surface area (Å²) in [5.41, 5.74) is 1.20. The lowest BCUT2D eigenvalue weighted by molar-refractivity contribution is 0.134. The minimum atomic E-state index is -3.83. The van der Waals surface area contributed by atoms with Gasteiger partial charge >= 0.3 is 0 Å². The maximum absolute atomic E-state index is 10.5. The number of hydrogen-bond donors (Lipinski definition) is 1. The normalized spacial score (nSPS) is 11.9. The third-order valence-electron chi connectivity index (χ3n) is 2.18. The summed E-state index contributed by atoms with van der Waals surface area (Å²) in [7, 11) is -3.83. The minimum absolute atomic E-state index is 0.195. The van der Waals surface area contributed by atoms with Crippen LogP contribution in [0.15, 0.2) is 13.6 Å². The molecule has 1 aromatic heterocycles. The lowest BCUT2D eigenvalue weighted by atomic mass is 10.2. The Labute approximate surface area is 128 Å². The van der Waals surface area contributed by atoms with Crippen LogP contribution in [0.2, 0.25) is 0 Å². The van der Waals surface area contributed by atoms with Crippen molar-refractivity contribution in [1.82, 2.24) is 0 Å². The molecule has 18 heavy (non-hydrogen) atoms. The van der Waals surface area contributed by atoms with Crippen LogP contribution >= 0.6 is 43.2 Å². The van der Waals surface area contributed by atoms with Gasteiger partial charge in [-0.25, -0.2) is 0 Å². The van der Waals surface area contributed by atoms with Gasteiger partial charge in [0.25, 0.3) is 10.1 Å². The summed E-state index contributed by atoms with van der Waals surface area (Å²) in [4.78, 5) is 0. The third kappa shape index (κ3) is 7.20. The molecule has 0 atom stereocenters. The van der Waals surface area contributed by atoms with Crippen molar-refractivity contribution in [3.05, 3.63) is 19.2 Å². The van der Waals surface area contributed by atoms with Crippen molar-refractivity contribution in [2.75, 3.05) is 19.0 Å². The second-order valence-electron chi connectivity index (χ2n) is 3.70. The lowest BCUT2D eigenvalue weighted by Crippen LogP contribution is -2.06. The molecule has 1 heterocycles. The molecule has 0 fully saturated rings. The highest BCUT2D eigenvalue weighted by molar-refractivity contribution is 9.12. The van der Waals surface area contributed by atoms with Crippen molar-refractivity contribution >= 4 is 53.3 Å². The molecule has 1 aromatic rings. The molecule has 8 heteroatoms. The van der Waals surface area contributed by atoms with E-state index in [0.29, 0.717) is 26.1 Å². The predicted molar refractivity (Wildman–Crippen MR) is 79.9 cm³/mol. The van der Waals surface area contributed by atoms with Gasteiger partial charge in [0.05, 0.1) is 19.9 Å². The standard InChI is InChI=1S/C10H14Br2O4S2/c11-9-7-8(10(12)17-9)3-5-16-4-1-2-6-18(13,14)15/h7H,1-6H2,(H,13,14,15). The van der Waals surface area contributed by atoms with Gasteiger partial charge < -0.3 is 4.74 Å². The molecule has 0 aliphatic rings. The van der Waals surface area contributed by atoms with Crippen LogP contribution in [-0.4, -0.2) is 31.9 Å². The molecule has 104 valence electrons. The van der Waals surface area contributed by atoms with Crippen molar-refractivity contribution in [3.8, 4) is 0 Å². The molecular weight excluding hydrogens is 408 g/mol. The average molecular weight is 422 g/mol. The van der Waals surface area contributed by atoms with Crippen molar-refractivity contribution in [2.45, 2.75) is 19.3 Å². The van der Waals surface area contributed by atoms with E-state index in [1.807, 2.05) is 0 Å². The Balaban J connectivity index is 2.07. The fourth-order valence-corrected chi connectivity index (χ4v) is 4.80. The summed E-state index contributed by atoms with van der Waals surface area (Å²) in [6.45, 7) is 1.12. The smallest absolute Gasteiger partial charge is 0.264 e. The molecular formula is C10H14Br2O4S2. The third-order valence-corrected chi connectivity index (χ3v) is 5.45. The average Bonchev–Trinajstić information content (AvgIpc) is 2.54. The number of hydrogen-bond acceptors (Lipinski definition) is 4. The summed E-state index contributed by atoms with van der Waals surface area (Å²) >= 11 is 8.51. The Morgan fingerprint density at radius 3 is 2.56 bits per heavy atom. The van der Waals surface area contributed by atoms with Gasteiger partial charge in [0.1, 0.15) is 0 Å². The zero-order chi connectivity index (χ0) is 13.6. The van der Waals surface area contributed by atoms with Crippen molar-refractivity contribution in [3.63, 3.8) is 0 Å². The first-order valence-corrected chi connectivity index (χ1v) is 9.36. The van der Waals surface area contributed by atoms with E-state index >= 15 is 0 Å². The summed E-state index contributed by atoms with van der Waals surface area (Å²) in [5, 5.41) is 0. The molecule has 0 radical (unpaired) electrons. The minimum Gasteiger partial charge on any atom is -0.381 e. The quantitative estimate of drug-likeness (QED) is 0.515. The van der Waals surface area contributed by atoms with E-state index in [-0.39, 0.29) is 5.75 Å². The maximum atomic E-state index is 10.5.